The molecule has 0 amide bonds. The smallest absolute Gasteiger partial charge is 0.0619 e. The summed E-state index contributed by atoms with van der Waals surface area (Å²) in [5, 5.41) is 0. The van der Waals surface area contributed by atoms with Crippen molar-refractivity contribution in [3.05, 3.63) is 33.9 Å². The molecule has 1 aromatic carbocycles. The molecular weight excluding hydrogens is 271 g/mol. The highest BCUT2D eigenvalue weighted by atomic mass is 127. The summed E-state index contributed by atoms with van der Waals surface area (Å²) < 4.78 is 2.71. The molecule has 2 rings (SSSR count). The summed E-state index contributed by atoms with van der Waals surface area (Å²) in [5.41, 5.74) is 0. The summed E-state index contributed by atoms with van der Waals surface area (Å²) in [6.07, 6.45) is 7.45. The van der Waals surface area contributed by atoms with Gasteiger partial charge in [-0.2, -0.15) is 0 Å². The molecule has 0 aromatic heterocycles. The van der Waals surface area contributed by atoms with Gasteiger partial charge in [0.1, 0.15) is 0 Å². The second-order valence-electron chi connectivity index (χ2n) is 3.64. The fourth-order valence-electron chi connectivity index (χ4n) is 1.83. The maximum Gasteiger partial charge on any atom is 0.316 e. The minimum Gasteiger partial charge on any atom is -0.0619 e. The summed E-state index contributed by atoms with van der Waals surface area (Å²) >= 11 is 0.306. The third kappa shape index (κ3) is 2.97. The lowest BCUT2D eigenvalue weighted by molar-refractivity contribution is -0.665. The maximum atomic E-state index is 2.31. The summed E-state index contributed by atoms with van der Waals surface area (Å²) in [5.74, 6) is 0. The van der Waals surface area contributed by atoms with Crippen LogP contribution in [0.25, 0.3) is 0 Å². The second-order valence-corrected chi connectivity index (χ2v) is 7.27. The highest BCUT2D eigenvalue weighted by Crippen LogP contribution is 2.13. The number of hydrogen-bond acceptors (Lipinski definition) is 0. The van der Waals surface area contributed by atoms with Crippen LogP contribution in [0, 0.1) is 3.57 Å². The molecule has 1 aromatic rings. The Morgan fingerprint density at radius 3 is 2.31 bits per heavy atom. The van der Waals surface area contributed by atoms with E-state index in [1.165, 1.54) is 32.1 Å². The summed E-state index contributed by atoms with van der Waals surface area (Å²) in [4.78, 5) is 0. The van der Waals surface area contributed by atoms with E-state index < -0.39 is 0 Å². The van der Waals surface area contributed by atoms with Crippen molar-refractivity contribution in [2.24, 2.45) is 0 Å². The molecule has 1 heteroatoms. The Morgan fingerprint density at radius 1 is 0.923 bits per heavy atom. The molecule has 1 aliphatic rings. The van der Waals surface area contributed by atoms with E-state index in [0.29, 0.717) is 21.2 Å². The largest absolute Gasteiger partial charge is 0.316 e. The molecule has 0 heterocycles. The number of halogens is 1. The Bertz CT molecular complexity index is 237. The van der Waals surface area contributed by atoms with Crippen LogP contribution in [0.1, 0.15) is 32.1 Å². The van der Waals surface area contributed by atoms with E-state index >= 15 is 0 Å². The lowest BCUT2D eigenvalue weighted by Crippen LogP contribution is -3.65. The molecule has 70 valence electrons. The summed E-state index contributed by atoms with van der Waals surface area (Å²) in [7, 11) is 0. The first-order valence-electron chi connectivity index (χ1n) is 5.13. The molecule has 0 spiro atoms. The predicted molar refractivity (Wildman–Crippen MR) is 52.0 cm³/mol. The summed E-state index contributed by atoms with van der Waals surface area (Å²) in [6.45, 7) is 0. The summed E-state index contributed by atoms with van der Waals surface area (Å²) in [6, 6.07) is 11.1. The Labute approximate surface area is 91.0 Å². The van der Waals surface area contributed by atoms with Crippen molar-refractivity contribution in [1.29, 1.82) is 0 Å². The Morgan fingerprint density at radius 2 is 1.62 bits per heavy atom. The van der Waals surface area contributed by atoms with Crippen molar-refractivity contribution >= 4 is 0 Å². The Hall–Kier alpha value is -0.0500. The molecule has 0 N–H and O–H groups in total. The fraction of sp³-hybridized carbons (Fsp3) is 0.500. The molecule has 0 unspecified atom stereocenters. The lowest BCUT2D eigenvalue weighted by Gasteiger charge is -2.11. The highest BCUT2D eigenvalue weighted by Gasteiger charge is 2.27. The van der Waals surface area contributed by atoms with Crippen molar-refractivity contribution < 1.29 is 21.2 Å². The molecular formula is C12H16I+. The third-order valence-corrected chi connectivity index (χ3v) is 6.11. The van der Waals surface area contributed by atoms with E-state index in [1.807, 2.05) is 0 Å². The van der Waals surface area contributed by atoms with Gasteiger partial charge in [-0.3, -0.25) is 0 Å². The average molecular weight is 287 g/mol. The molecule has 1 fully saturated rings. The van der Waals surface area contributed by atoms with Crippen molar-refractivity contribution in [3.8, 4) is 0 Å². The zero-order chi connectivity index (χ0) is 8.93. The van der Waals surface area contributed by atoms with E-state index in [4.69, 9.17) is 0 Å². The van der Waals surface area contributed by atoms with Gasteiger partial charge in [0.05, 0.1) is 0 Å². The molecule has 1 saturated carbocycles. The van der Waals surface area contributed by atoms with Gasteiger partial charge in [-0.05, 0) is 37.8 Å². The van der Waals surface area contributed by atoms with Gasteiger partial charge in [0.25, 0.3) is 0 Å². The molecule has 0 saturated heterocycles. The van der Waals surface area contributed by atoms with Crippen LogP contribution in [0.15, 0.2) is 30.3 Å². The number of hydrogen-bond donors (Lipinski definition) is 0. The van der Waals surface area contributed by atoms with E-state index in [2.05, 4.69) is 30.3 Å². The number of rotatable bonds is 2. The van der Waals surface area contributed by atoms with Crippen LogP contribution in [-0.4, -0.2) is 3.92 Å². The van der Waals surface area contributed by atoms with Gasteiger partial charge in [0.2, 0.25) is 0 Å². The molecule has 0 radical (unpaired) electrons. The number of alkyl halides is 1. The highest BCUT2D eigenvalue weighted by molar-refractivity contribution is 4.99. The fourth-order valence-corrected chi connectivity index (χ4v) is 5.18. The van der Waals surface area contributed by atoms with Crippen LogP contribution in [0.5, 0.6) is 0 Å². The predicted octanol–water partition coefficient (Wildman–Crippen LogP) is 0.278. The first-order valence-corrected chi connectivity index (χ1v) is 7.46. The molecule has 1 aliphatic carbocycles. The van der Waals surface area contributed by atoms with Crippen LogP contribution in [0.2, 0.25) is 0 Å². The normalized spacial score (nSPS) is 18.8. The molecule has 0 nitrogen and oxygen atoms in total. The van der Waals surface area contributed by atoms with Gasteiger partial charge in [-0.1, -0.05) is 24.6 Å². The van der Waals surface area contributed by atoms with E-state index in [1.54, 1.807) is 3.57 Å². The van der Waals surface area contributed by atoms with Gasteiger partial charge >= 0.3 is 21.2 Å². The van der Waals surface area contributed by atoms with E-state index in [0.717, 1.165) is 3.92 Å². The average Bonchev–Trinajstić information content (AvgIpc) is 2.21. The standard InChI is InChI=1S/C12H16I/c1-3-7-11(8-4-1)13-12-9-5-2-6-10-12/h1,3-4,7-8,12H,2,5-6,9-10H2/q+1. The lowest BCUT2D eigenvalue weighted by atomic mass is 10.0. The van der Waals surface area contributed by atoms with Gasteiger partial charge < -0.3 is 0 Å². The SMILES string of the molecule is c1ccc([I+]C2CCCCC2)cc1. The minimum absolute atomic E-state index is 0.306. The zero-order valence-corrected chi connectivity index (χ0v) is 10.0. The zero-order valence-electron chi connectivity index (χ0n) is 7.88. The third-order valence-electron chi connectivity index (χ3n) is 2.55. The molecule has 0 bridgehead atoms. The maximum absolute atomic E-state index is 2.31. The van der Waals surface area contributed by atoms with E-state index in [9.17, 15) is 0 Å². The Kier molecular flexibility index (Phi) is 3.65. The van der Waals surface area contributed by atoms with Crippen LogP contribution >= 0.6 is 0 Å². The first-order chi connectivity index (χ1) is 6.45. The van der Waals surface area contributed by atoms with Gasteiger partial charge in [0, 0.05) is 0 Å². The Balaban J connectivity index is 1.90. The molecule has 0 atom stereocenters. The van der Waals surface area contributed by atoms with Gasteiger partial charge in [-0.25, -0.2) is 0 Å². The van der Waals surface area contributed by atoms with Crippen molar-refractivity contribution in [2.45, 2.75) is 36.0 Å². The van der Waals surface area contributed by atoms with Crippen LogP contribution in [0.4, 0.5) is 0 Å². The van der Waals surface area contributed by atoms with Crippen LogP contribution < -0.4 is 21.2 Å². The second kappa shape index (κ2) is 4.99. The minimum atomic E-state index is 0.306. The molecule has 0 aliphatic heterocycles. The van der Waals surface area contributed by atoms with Crippen LogP contribution in [0.3, 0.4) is 0 Å². The monoisotopic (exact) mass is 287 g/mol. The quantitative estimate of drug-likeness (QED) is 0.541. The number of benzene rings is 1. The molecule has 13 heavy (non-hydrogen) atoms. The van der Waals surface area contributed by atoms with Crippen molar-refractivity contribution in [2.75, 3.05) is 0 Å². The van der Waals surface area contributed by atoms with Crippen LogP contribution in [-0.2, 0) is 0 Å². The van der Waals surface area contributed by atoms with Gasteiger partial charge in [0.15, 0.2) is 7.49 Å². The first kappa shape index (κ1) is 9.50. The van der Waals surface area contributed by atoms with E-state index in [-0.39, 0.29) is 0 Å². The van der Waals surface area contributed by atoms with Gasteiger partial charge in [-0.15, -0.1) is 0 Å². The topological polar surface area (TPSA) is 0 Å². The van der Waals surface area contributed by atoms with Crippen molar-refractivity contribution in [3.63, 3.8) is 0 Å². The van der Waals surface area contributed by atoms with Crippen molar-refractivity contribution in [1.82, 2.24) is 0 Å².